The number of benzene rings is 1. The van der Waals surface area contributed by atoms with Crippen LogP contribution in [-0.4, -0.2) is 29.2 Å². The summed E-state index contributed by atoms with van der Waals surface area (Å²) in [6, 6.07) is 11.2. The van der Waals surface area contributed by atoms with Crippen LogP contribution < -0.4 is 0 Å². The van der Waals surface area contributed by atoms with E-state index in [9.17, 15) is 5.11 Å². The summed E-state index contributed by atoms with van der Waals surface area (Å²) >= 11 is 0. The van der Waals surface area contributed by atoms with Gasteiger partial charge in [0.1, 0.15) is 0 Å². The van der Waals surface area contributed by atoms with Crippen LogP contribution in [0.25, 0.3) is 0 Å². The average molecular weight is 275 g/mol. The van der Waals surface area contributed by atoms with Crippen molar-refractivity contribution in [3.8, 4) is 0 Å². The van der Waals surface area contributed by atoms with Crippen molar-refractivity contribution in [3.63, 3.8) is 0 Å². The summed E-state index contributed by atoms with van der Waals surface area (Å²) in [5, 5.41) is 10.1. The Bertz CT molecular complexity index is 390. The standard InChI is InChI=1S/C18H29NO/c1-4-5-9-17-12-19(13-18(17)15(3)20)14(2)16-10-7-6-8-11-16/h6-8,10-11,14-15,17-18,20H,4-5,9,12-13H2,1-3H3/t14?,15-,17-,18-/m1/s1. The molecule has 1 aliphatic rings. The van der Waals surface area contributed by atoms with E-state index < -0.39 is 0 Å². The zero-order chi connectivity index (χ0) is 14.5. The highest BCUT2D eigenvalue weighted by molar-refractivity contribution is 5.18. The Hall–Kier alpha value is -0.860. The van der Waals surface area contributed by atoms with Crippen LogP contribution in [0.1, 0.15) is 51.6 Å². The fraction of sp³-hybridized carbons (Fsp3) is 0.667. The molecule has 20 heavy (non-hydrogen) atoms. The fourth-order valence-electron chi connectivity index (χ4n) is 3.51. The Balaban J connectivity index is 2.03. The van der Waals surface area contributed by atoms with E-state index in [4.69, 9.17) is 0 Å². The molecule has 0 aliphatic carbocycles. The lowest BCUT2D eigenvalue weighted by atomic mass is 9.88. The van der Waals surface area contributed by atoms with Crippen molar-refractivity contribution in [2.24, 2.45) is 11.8 Å². The molecule has 1 fully saturated rings. The van der Waals surface area contributed by atoms with E-state index in [0.29, 0.717) is 17.9 Å². The second-order valence-corrected chi connectivity index (χ2v) is 6.35. The highest BCUT2D eigenvalue weighted by Gasteiger charge is 2.36. The van der Waals surface area contributed by atoms with Crippen molar-refractivity contribution in [2.45, 2.75) is 52.2 Å². The quantitative estimate of drug-likeness (QED) is 0.852. The Kier molecular flexibility index (Phi) is 5.62. The maximum absolute atomic E-state index is 10.1. The van der Waals surface area contributed by atoms with Gasteiger partial charge in [-0.1, -0.05) is 50.1 Å². The van der Waals surface area contributed by atoms with Gasteiger partial charge in [-0.3, -0.25) is 4.90 Å². The molecular weight excluding hydrogens is 246 g/mol. The van der Waals surface area contributed by atoms with Crippen LogP contribution in [0, 0.1) is 11.8 Å². The van der Waals surface area contributed by atoms with Gasteiger partial charge in [0.05, 0.1) is 6.10 Å². The molecule has 2 heteroatoms. The van der Waals surface area contributed by atoms with Crippen molar-refractivity contribution in [2.75, 3.05) is 13.1 Å². The Morgan fingerprint density at radius 2 is 1.90 bits per heavy atom. The zero-order valence-electron chi connectivity index (χ0n) is 13.1. The molecule has 2 nitrogen and oxygen atoms in total. The summed E-state index contributed by atoms with van der Waals surface area (Å²) in [6.45, 7) is 8.65. The first-order valence-corrected chi connectivity index (χ1v) is 8.10. The average Bonchev–Trinajstić information content (AvgIpc) is 2.89. The summed E-state index contributed by atoms with van der Waals surface area (Å²) in [6.07, 6.45) is 3.59. The number of aliphatic hydroxyl groups is 1. The molecule has 1 unspecified atom stereocenters. The third-order valence-electron chi connectivity index (χ3n) is 4.90. The number of hydrogen-bond donors (Lipinski definition) is 1. The van der Waals surface area contributed by atoms with E-state index in [-0.39, 0.29) is 6.10 Å². The molecule has 1 aliphatic heterocycles. The molecule has 0 bridgehead atoms. The largest absolute Gasteiger partial charge is 0.393 e. The molecule has 0 spiro atoms. The lowest BCUT2D eigenvalue weighted by Gasteiger charge is -2.25. The van der Waals surface area contributed by atoms with Crippen LogP contribution in [0.2, 0.25) is 0 Å². The first-order valence-electron chi connectivity index (χ1n) is 8.10. The van der Waals surface area contributed by atoms with Gasteiger partial charge in [-0.25, -0.2) is 0 Å². The number of rotatable bonds is 6. The number of hydrogen-bond acceptors (Lipinski definition) is 2. The van der Waals surface area contributed by atoms with Crippen LogP contribution >= 0.6 is 0 Å². The summed E-state index contributed by atoms with van der Waals surface area (Å²) in [4.78, 5) is 2.55. The topological polar surface area (TPSA) is 23.5 Å². The van der Waals surface area contributed by atoms with Gasteiger partial charge in [0.15, 0.2) is 0 Å². The summed E-state index contributed by atoms with van der Waals surface area (Å²) in [5.74, 6) is 1.09. The molecule has 4 atom stereocenters. The normalized spacial score (nSPS) is 26.6. The van der Waals surface area contributed by atoms with Gasteiger partial charge < -0.3 is 5.11 Å². The molecule has 1 aromatic carbocycles. The molecule has 0 amide bonds. The van der Waals surface area contributed by atoms with E-state index in [1.54, 1.807) is 0 Å². The number of aliphatic hydroxyl groups excluding tert-OH is 1. The molecule has 2 rings (SSSR count). The fourth-order valence-corrected chi connectivity index (χ4v) is 3.51. The summed E-state index contributed by atoms with van der Waals surface area (Å²) < 4.78 is 0. The molecule has 0 aromatic heterocycles. The van der Waals surface area contributed by atoms with E-state index in [2.05, 4.69) is 49.1 Å². The third-order valence-corrected chi connectivity index (χ3v) is 4.90. The van der Waals surface area contributed by atoms with Crippen molar-refractivity contribution >= 4 is 0 Å². The third kappa shape index (κ3) is 3.62. The second-order valence-electron chi connectivity index (χ2n) is 6.35. The molecule has 1 heterocycles. The molecule has 1 saturated heterocycles. The van der Waals surface area contributed by atoms with Crippen LogP contribution in [0.4, 0.5) is 0 Å². The van der Waals surface area contributed by atoms with Gasteiger partial charge in [0, 0.05) is 25.0 Å². The summed E-state index contributed by atoms with van der Waals surface area (Å²) in [7, 11) is 0. The first-order chi connectivity index (χ1) is 9.63. The van der Waals surface area contributed by atoms with Gasteiger partial charge in [-0.2, -0.15) is 0 Å². The monoisotopic (exact) mass is 275 g/mol. The van der Waals surface area contributed by atoms with Crippen molar-refractivity contribution in [1.82, 2.24) is 4.90 Å². The summed E-state index contributed by atoms with van der Waals surface area (Å²) in [5.41, 5.74) is 1.38. The predicted molar refractivity (Wildman–Crippen MR) is 84.6 cm³/mol. The van der Waals surface area contributed by atoms with Gasteiger partial charge in [0.2, 0.25) is 0 Å². The number of nitrogens with zero attached hydrogens (tertiary/aromatic N) is 1. The minimum Gasteiger partial charge on any atom is -0.393 e. The lowest BCUT2D eigenvalue weighted by molar-refractivity contribution is 0.103. The van der Waals surface area contributed by atoms with E-state index in [1.165, 1.54) is 24.8 Å². The van der Waals surface area contributed by atoms with Crippen molar-refractivity contribution < 1.29 is 5.11 Å². The number of likely N-dealkylation sites (tertiary alicyclic amines) is 1. The molecule has 0 radical (unpaired) electrons. The zero-order valence-corrected chi connectivity index (χ0v) is 13.1. The van der Waals surface area contributed by atoms with E-state index in [1.807, 2.05) is 6.92 Å². The maximum Gasteiger partial charge on any atom is 0.0555 e. The van der Waals surface area contributed by atoms with E-state index in [0.717, 1.165) is 13.1 Å². The predicted octanol–water partition coefficient (Wildman–Crippen LogP) is 3.87. The van der Waals surface area contributed by atoms with Crippen molar-refractivity contribution in [1.29, 1.82) is 0 Å². The molecule has 0 saturated carbocycles. The lowest BCUT2D eigenvalue weighted by Crippen LogP contribution is -2.27. The number of unbranched alkanes of at least 4 members (excludes halogenated alkanes) is 1. The van der Waals surface area contributed by atoms with Crippen LogP contribution in [0.3, 0.4) is 0 Å². The Labute approximate surface area is 123 Å². The van der Waals surface area contributed by atoms with Gasteiger partial charge in [-0.05, 0) is 31.7 Å². The van der Waals surface area contributed by atoms with Gasteiger partial charge >= 0.3 is 0 Å². The smallest absolute Gasteiger partial charge is 0.0555 e. The first kappa shape index (κ1) is 15.5. The van der Waals surface area contributed by atoms with Gasteiger partial charge in [-0.15, -0.1) is 0 Å². The Morgan fingerprint density at radius 3 is 2.50 bits per heavy atom. The highest BCUT2D eigenvalue weighted by atomic mass is 16.3. The minimum atomic E-state index is -0.190. The molecular formula is C18H29NO. The SMILES string of the molecule is CCCC[C@@H]1CN(C(C)c2ccccc2)C[C@@H]1[C@@H](C)O. The minimum absolute atomic E-state index is 0.190. The van der Waals surface area contributed by atoms with Gasteiger partial charge in [0.25, 0.3) is 0 Å². The van der Waals surface area contributed by atoms with Crippen LogP contribution in [0.15, 0.2) is 30.3 Å². The molecule has 1 aromatic rings. The van der Waals surface area contributed by atoms with Crippen LogP contribution in [-0.2, 0) is 0 Å². The molecule has 112 valence electrons. The second kappa shape index (κ2) is 7.24. The maximum atomic E-state index is 10.1. The van der Waals surface area contributed by atoms with E-state index >= 15 is 0 Å². The van der Waals surface area contributed by atoms with Crippen molar-refractivity contribution in [3.05, 3.63) is 35.9 Å². The molecule has 1 N–H and O–H groups in total. The van der Waals surface area contributed by atoms with Crippen LogP contribution in [0.5, 0.6) is 0 Å². The Morgan fingerprint density at radius 1 is 1.20 bits per heavy atom. The highest BCUT2D eigenvalue weighted by Crippen LogP contribution is 2.35.